The van der Waals surface area contributed by atoms with E-state index in [1.807, 2.05) is 18.2 Å². The first kappa shape index (κ1) is 17.5. The van der Waals surface area contributed by atoms with Crippen molar-refractivity contribution in [3.63, 3.8) is 0 Å². The molecule has 0 heterocycles. The summed E-state index contributed by atoms with van der Waals surface area (Å²) in [5.41, 5.74) is 0. The molecule has 0 aliphatic carbocycles. The zero-order chi connectivity index (χ0) is 14.6. The normalized spacial score (nSPS) is 12.2. The molecule has 0 aliphatic heterocycles. The lowest BCUT2D eigenvalue weighted by Crippen LogP contribution is -1.98. The Morgan fingerprint density at radius 3 is 2.10 bits per heavy atom. The molecule has 1 rings (SSSR count). The van der Waals surface area contributed by atoms with Crippen LogP contribution in [0.15, 0.2) is 41.8 Å². The summed E-state index contributed by atoms with van der Waals surface area (Å²) >= 11 is 5.82. The van der Waals surface area contributed by atoms with Gasteiger partial charge in [-0.05, 0) is 43.5 Å². The number of benzene rings is 1. The molecule has 1 atom stereocenters. The molecule has 0 aliphatic rings. The molecule has 3 heteroatoms. The van der Waals surface area contributed by atoms with Crippen LogP contribution >= 0.6 is 11.6 Å². The summed E-state index contributed by atoms with van der Waals surface area (Å²) in [6.07, 6.45) is 11.8. The molecule has 1 aromatic carbocycles. The van der Waals surface area contributed by atoms with Crippen LogP contribution in [0.2, 0.25) is 5.02 Å². The highest BCUT2D eigenvalue weighted by Gasteiger charge is 2.03. The van der Waals surface area contributed by atoms with Crippen molar-refractivity contribution in [2.75, 3.05) is 5.75 Å². The fourth-order valence-electron chi connectivity index (χ4n) is 2.11. The molecular weight excluding hydrogens is 288 g/mol. The van der Waals surface area contributed by atoms with Crippen LogP contribution in [0, 0.1) is 0 Å². The van der Waals surface area contributed by atoms with E-state index in [1.165, 1.54) is 38.5 Å². The molecule has 0 saturated carbocycles. The van der Waals surface area contributed by atoms with E-state index >= 15 is 0 Å². The number of unbranched alkanes of at least 4 members (excludes halogenated alkanes) is 7. The van der Waals surface area contributed by atoms with Gasteiger partial charge in [-0.2, -0.15) is 0 Å². The van der Waals surface area contributed by atoms with Crippen LogP contribution in [0.1, 0.15) is 51.4 Å². The van der Waals surface area contributed by atoms with Gasteiger partial charge < -0.3 is 0 Å². The maximum absolute atomic E-state index is 12.0. The quantitative estimate of drug-likeness (QED) is 0.375. The average Bonchev–Trinajstić information content (AvgIpc) is 2.46. The minimum Gasteiger partial charge on any atom is -0.254 e. The highest BCUT2D eigenvalue weighted by atomic mass is 35.5. The Hall–Kier alpha value is -0.600. The van der Waals surface area contributed by atoms with Gasteiger partial charge in [-0.15, -0.1) is 6.58 Å². The van der Waals surface area contributed by atoms with E-state index in [4.69, 9.17) is 11.6 Å². The maximum Gasteiger partial charge on any atom is 0.0529 e. The summed E-state index contributed by atoms with van der Waals surface area (Å²) in [5.74, 6) is 0.762. The van der Waals surface area contributed by atoms with Gasteiger partial charge in [0.05, 0.1) is 10.8 Å². The average molecular weight is 313 g/mol. The van der Waals surface area contributed by atoms with Gasteiger partial charge in [0.1, 0.15) is 0 Å². The number of rotatable bonds is 11. The number of allylic oxidation sites excluding steroid dienone is 1. The van der Waals surface area contributed by atoms with Gasteiger partial charge in [-0.1, -0.05) is 49.8 Å². The van der Waals surface area contributed by atoms with Crippen molar-refractivity contribution in [2.24, 2.45) is 0 Å². The Bertz CT molecular complexity index is 400. The van der Waals surface area contributed by atoms with E-state index < -0.39 is 10.8 Å². The third-order valence-corrected chi connectivity index (χ3v) is 5.02. The SMILES string of the molecule is C=CCCCCCCCCCS(=O)c1ccc(Cl)cc1. The van der Waals surface area contributed by atoms with Crippen molar-refractivity contribution in [2.45, 2.75) is 56.3 Å². The summed E-state index contributed by atoms with van der Waals surface area (Å²) in [6.45, 7) is 3.73. The predicted octanol–water partition coefficient (Wildman–Crippen LogP) is 5.75. The third-order valence-electron chi connectivity index (χ3n) is 3.31. The van der Waals surface area contributed by atoms with E-state index in [9.17, 15) is 4.21 Å². The molecule has 0 bridgehead atoms. The lowest BCUT2D eigenvalue weighted by atomic mass is 10.1. The van der Waals surface area contributed by atoms with E-state index in [2.05, 4.69) is 6.58 Å². The van der Waals surface area contributed by atoms with Crippen LogP contribution in [0.4, 0.5) is 0 Å². The van der Waals surface area contributed by atoms with Crippen molar-refractivity contribution in [1.82, 2.24) is 0 Å². The molecule has 1 nitrogen and oxygen atoms in total. The van der Waals surface area contributed by atoms with Gasteiger partial charge in [-0.25, -0.2) is 0 Å². The first-order valence-electron chi connectivity index (χ1n) is 7.49. The molecular formula is C17H25ClOS. The van der Waals surface area contributed by atoms with Gasteiger partial charge in [0, 0.05) is 15.7 Å². The van der Waals surface area contributed by atoms with E-state index in [0.29, 0.717) is 5.02 Å². The fourth-order valence-corrected chi connectivity index (χ4v) is 3.38. The van der Waals surface area contributed by atoms with Crippen LogP contribution in [-0.2, 0) is 10.8 Å². The van der Waals surface area contributed by atoms with Crippen LogP contribution < -0.4 is 0 Å². The van der Waals surface area contributed by atoms with Crippen LogP contribution in [0.25, 0.3) is 0 Å². The molecule has 112 valence electrons. The Labute approximate surface area is 130 Å². The Balaban J connectivity index is 2.02. The smallest absolute Gasteiger partial charge is 0.0529 e. The van der Waals surface area contributed by atoms with Gasteiger partial charge >= 0.3 is 0 Å². The van der Waals surface area contributed by atoms with Crippen LogP contribution in [0.3, 0.4) is 0 Å². The summed E-state index contributed by atoms with van der Waals surface area (Å²) in [7, 11) is -0.873. The second kappa shape index (κ2) is 11.1. The van der Waals surface area contributed by atoms with Gasteiger partial charge in [0.15, 0.2) is 0 Å². The van der Waals surface area contributed by atoms with Crippen LogP contribution in [0.5, 0.6) is 0 Å². The number of hydrogen-bond donors (Lipinski definition) is 0. The summed E-state index contributed by atoms with van der Waals surface area (Å²) in [5, 5.41) is 0.696. The van der Waals surface area contributed by atoms with Gasteiger partial charge in [0.25, 0.3) is 0 Å². The number of halogens is 1. The molecule has 0 N–H and O–H groups in total. The fraction of sp³-hybridized carbons (Fsp3) is 0.529. The van der Waals surface area contributed by atoms with E-state index in [0.717, 1.165) is 23.5 Å². The summed E-state index contributed by atoms with van der Waals surface area (Å²) in [4.78, 5) is 0.888. The van der Waals surface area contributed by atoms with Crippen molar-refractivity contribution in [3.05, 3.63) is 41.9 Å². The first-order valence-corrected chi connectivity index (χ1v) is 9.18. The van der Waals surface area contributed by atoms with Crippen molar-refractivity contribution in [3.8, 4) is 0 Å². The molecule has 0 fully saturated rings. The minimum atomic E-state index is -0.873. The number of hydrogen-bond acceptors (Lipinski definition) is 1. The van der Waals surface area contributed by atoms with E-state index in [1.54, 1.807) is 12.1 Å². The molecule has 0 spiro atoms. The minimum absolute atomic E-state index is 0.696. The third kappa shape index (κ3) is 7.86. The monoisotopic (exact) mass is 312 g/mol. The Kier molecular flexibility index (Phi) is 9.69. The lowest BCUT2D eigenvalue weighted by Gasteiger charge is -2.03. The maximum atomic E-state index is 12.0. The zero-order valence-corrected chi connectivity index (χ0v) is 13.7. The first-order chi connectivity index (χ1) is 9.74. The molecule has 20 heavy (non-hydrogen) atoms. The topological polar surface area (TPSA) is 17.1 Å². The predicted molar refractivity (Wildman–Crippen MR) is 89.9 cm³/mol. The lowest BCUT2D eigenvalue weighted by molar-refractivity contribution is 0.591. The van der Waals surface area contributed by atoms with Gasteiger partial charge in [0.2, 0.25) is 0 Å². The second-order valence-electron chi connectivity index (χ2n) is 5.06. The van der Waals surface area contributed by atoms with Crippen LogP contribution in [-0.4, -0.2) is 9.96 Å². The molecule has 1 unspecified atom stereocenters. The Morgan fingerprint density at radius 1 is 0.950 bits per heavy atom. The second-order valence-corrected chi connectivity index (χ2v) is 7.06. The summed E-state index contributed by atoms with van der Waals surface area (Å²) in [6, 6.07) is 7.33. The highest BCUT2D eigenvalue weighted by molar-refractivity contribution is 7.85. The molecule has 1 aromatic rings. The largest absolute Gasteiger partial charge is 0.254 e. The van der Waals surface area contributed by atoms with Crippen molar-refractivity contribution in [1.29, 1.82) is 0 Å². The van der Waals surface area contributed by atoms with Crippen molar-refractivity contribution < 1.29 is 4.21 Å². The zero-order valence-electron chi connectivity index (χ0n) is 12.2. The van der Waals surface area contributed by atoms with E-state index in [-0.39, 0.29) is 0 Å². The molecule has 0 amide bonds. The standard InChI is InChI=1S/C17H25ClOS/c1-2-3-4-5-6-7-8-9-10-15-20(19)17-13-11-16(18)12-14-17/h2,11-14H,1,3-10,15H2. The molecule has 0 aromatic heterocycles. The Morgan fingerprint density at radius 2 is 1.50 bits per heavy atom. The highest BCUT2D eigenvalue weighted by Crippen LogP contribution is 2.14. The summed E-state index contributed by atoms with van der Waals surface area (Å²) < 4.78 is 12.0. The van der Waals surface area contributed by atoms with Crippen molar-refractivity contribution >= 4 is 22.4 Å². The molecule has 0 saturated heterocycles. The molecule has 0 radical (unpaired) electrons. The van der Waals surface area contributed by atoms with Gasteiger partial charge in [-0.3, -0.25) is 4.21 Å².